The Kier molecular flexibility index (Phi) is 8.85. The zero-order valence-corrected chi connectivity index (χ0v) is 23.2. The topological polar surface area (TPSA) is 122 Å². The predicted molar refractivity (Wildman–Crippen MR) is 152 cm³/mol. The number of rotatable bonds is 9. The summed E-state index contributed by atoms with van der Waals surface area (Å²) < 4.78 is 46.6. The van der Waals surface area contributed by atoms with Crippen molar-refractivity contribution in [2.24, 2.45) is 0 Å². The number of carbonyl (C=O) groups excluding carboxylic acids is 1. The van der Waals surface area contributed by atoms with Crippen LogP contribution in [0.25, 0.3) is 5.82 Å². The van der Waals surface area contributed by atoms with Crippen LogP contribution in [0.1, 0.15) is 21.5 Å². The van der Waals surface area contributed by atoms with Gasteiger partial charge in [0.25, 0.3) is 5.91 Å². The molecule has 1 saturated heterocycles. The van der Waals surface area contributed by atoms with Crippen molar-refractivity contribution in [2.75, 3.05) is 55.3 Å². The number of benzene rings is 2. The van der Waals surface area contributed by atoms with Crippen molar-refractivity contribution < 1.29 is 22.7 Å². The van der Waals surface area contributed by atoms with E-state index in [1.165, 1.54) is 23.4 Å². The number of nitrogens with zero attached hydrogens (tertiary/aromatic N) is 6. The summed E-state index contributed by atoms with van der Waals surface area (Å²) >= 11 is 5.68. The van der Waals surface area contributed by atoms with E-state index >= 15 is 0 Å². The Hall–Kier alpha value is -4.27. The zero-order chi connectivity index (χ0) is 29.7. The highest BCUT2D eigenvalue weighted by molar-refractivity contribution is 6.31. The van der Waals surface area contributed by atoms with Gasteiger partial charge in [-0.25, -0.2) is 9.97 Å². The van der Waals surface area contributed by atoms with E-state index in [9.17, 15) is 18.0 Å². The second-order valence-corrected chi connectivity index (χ2v) is 9.85. The Balaban J connectivity index is 1.28. The molecule has 1 fully saturated rings. The highest BCUT2D eigenvalue weighted by atomic mass is 35.5. The van der Waals surface area contributed by atoms with E-state index in [1.807, 2.05) is 6.92 Å². The Bertz CT molecular complexity index is 1560. The number of aromatic nitrogens is 5. The molecule has 2 aromatic carbocycles. The van der Waals surface area contributed by atoms with E-state index in [1.54, 1.807) is 24.3 Å². The molecule has 0 atom stereocenters. The first-order valence-corrected chi connectivity index (χ1v) is 13.4. The smallest absolute Gasteiger partial charge is 0.379 e. The van der Waals surface area contributed by atoms with Gasteiger partial charge in [0.15, 0.2) is 5.82 Å². The summed E-state index contributed by atoms with van der Waals surface area (Å²) in [6.45, 7) is 6.67. The minimum atomic E-state index is -4.69. The van der Waals surface area contributed by atoms with Gasteiger partial charge < -0.3 is 20.7 Å². The molecule has 1 aliphatic rings. The number of halogens is 4. The zero-order valence-electron chi connectivity index (χ0n) is 22.5. The molecule has 0 spiro atoms. The Morgan fingerprint density at radius 2 is 1.86 bits per heavy atom. The normalized spacial score (nSPS) is 14.0. The van der Waals surface area contributed by atoms with Crippen molar-refractivity contribution in [3.05, 3.63) is 76.8 Å². The van der Waals surface area contributed by atoms with Crippen LogP contribution >= 0.6 is 11.6 Å². The van der Waals surface area contributed by atoms with Crippen LogP contribution in [0.15, 0.2) is 55.1 Å². The lowest BCUT2D eigenvalue weighted by atomic mass is 10.1. The number of ether oxygens (including phenoxy) is 1. The lowest BCUT2D eigenvalue weighted by Gasteiger charge is -2.26. The van der Waals surface area contributed by atoms with Crippen LogP contribution in [-0.4, -0.2) is 74.9 Å². The molecule has 4 aromatic rings. The molecule has 0 radical (unpaired) electrons. The van der Waals surface area contributed by atoms with Gasteiger partial charge in [-0.15, -0.1) is 0 Å². The van der Waals surface area contributed by atoms with E-state index in [4.69, 9.17) is 16.3 Å². The predicted octanol–water partition coefficient (Wildman–Crippen LogP) is 4.78. The molecule has 5 rings (SSSR count). The van der Waals surface area contributed by atoms with E-state index < -0.39 is 22.7 Å². The number of alkyl halides is 3. The van der Waals surface area contributed by atoms with Crippen LogP contribution < -0.4 is 16.0 Å². The lowest BCUT2D eigenvalue weighted by Crippen LogP contribution is -2.39. The van der Waals surface area contributed by atoms with Crippen LogP contribution in [0, 0.1) is 6.92 Å². The molecule has 2 aromatic heterocycles. The largest absolute Gasteiger partial charge is 0.417 e. The van der Waals surface area contributed by atoms with Crippen LogP contribution in [0.4, 0.5) is 36.3 Å². The van der Waals surface area contributed by atoms with Gasteiger partial charge in [0.1, 0.15) is 18.5 Å². The van der Waals surface area contributed by atoms with E-state index in [0.29, 0.717) is 35.5 Å². The second-order valence-electron chi connectivity index (χ2n) is 9.44. The summed E-state index contributed by atoms with van der Waals surface area (Å²) in [6.07, 6.45) is -1.89. The summed E-state index contributed by atoms with van der Waals surface area (Å²) in [5.74, 6) is 0.743. The number of morpholine rings is 1. The monoisotopic (exact) mass is 601 g/mol. The summed E-state index contributed by atoms with van der Waals surface area (Å²) in [4.78, 5) is 28.0. The Morgan fingerprint density at radius 1 is 1.05 bits per heavy atom. The maximum absolute atomic E-state index is 13.2. The van der Waals surface area contributed by atoms with Gasteiger partial charge in [-0.05, 0) is 42.8 Å². The number of anilines is 4. The molecule has 0 aliphatic carbocycles. The van der Waals surface area contributed by atoms with Crippen molar-refractivity contribution in [3.8, 4) is 5.82 Å². The van der Waals surface area contributed by atoms with Crippen LogP contribution in [-0.2, 0) is 10.9 Å². The third kappa shape index (κ3) is 7.13. The summed E-state index contributed by atoms with van der Waals surface area (Å²) in [5.41, 5.74) is 0.507. The SMILES string of the molecule is Cc1ccc(NC(=O)c2ccc(Cl)c(C(F)(F)F)c2)cc1Nc1ncnn1-c1cc(NCCN2CCOCC2)ncn1. The number of amides is 1. The van der Waals surface area contributed by atoms with Crippen LogP contribution in [0.2, 0.25) is 5.02 Å². The molecule has 0 unspecified atom stereocenters. The van der Waals surface area contributed by atoms with Gasteiger partial charge >= 0.3 is 6.18 Å². The molecule has 42 heavy (non-hydrogen) atoms. The number of aryl methyl sites for hydroxylation is 1. The van der Waals surface area contributed by atoms with Gasteiger partial charge in [-0.1, -0.05) is 17.7 Å². The number of hydrogen-bond acceptors (Lipinski definition) is 9. The number of hydrogen-bond donors (Lipinski definition) is 3. The minimum absolute atomic E-state index is 0.181. The highest BCUT2D eigenvalue weighted by Crippen LogP contribution is 2.35. The summed E-state index contributed by atoms with van der Waals surface area (Å²) in [6, 6.07) is 9.80. The maximum atomic E-state index is 13.2. The van der Waals surface area contributed by atoms with Crippen molar-refractivity contribution >= 4 is 40.6 Å². The van der Waals surface area contributed by atoms with Crippen molar-refractivity contribution in [3.63, 3.8) is 0 Å². The third-order valence-electron chi connectivity index (χ3n) is 6.53. The molecule has 1 aliphatic heterocycles. The van der Waals surface area contributed by atoms with Gasteiger partial charge in [0, 0.05) is 49.2 Å². The quantitative estimate of drug-likeness (QED) is 0.249. The molecular formula is C27H27ClF3N9O2. The molecule has 3 heterocycles. The molecule has 0 bridgehead atoms. The molecule has 220 valence electrons. The van der Waals surface area contributed by atoms with Gasteiger partial charge in [0.2, 0.25) is 5.95 Å². The van der Waals surface area contributed by atoms with E-state index in [0.717, 1.165) is 50.5 Å². The average Bonchev–Trinajstić information content (AvgIpc) is 3.43. The minimum Gasteiger partial charge on any atom is -0.379 e. The first-order chi connectivity index (χ1) is 20.2. The van der Waals surface area contributed by atoms with Crippen LogP contribution in [0.3, 0.4) is 0 Å². The maximum Gasteiger partial charge on any atom is 0.417 e. The summed E-state index contributed by atoms with van der Waals surface area (Å²) in [5, 5.41) is 12.9. The second kappa shape index (κ2) is 12.7. The molecule has 11 nitrogen and oxygen atoms in total. The Morgan fingerprint density at radius 3 is 2.64 bits per heavy atom. The Labute approximate surface area is 244 Å². The fourth-order valence-electron chi connectivity index (χ4n) is 4.26. The first kappa shape index (κ1) is 29.2. The lowest BCUT2D eigenvalue weighted by molar-refractivity contribution is -0.137. The number of nitrogens with one attached hydrogen (secondary N) is 3. The van der Waals surface area contributed by atoms with Gasteiger partial charge in [0.05, 0.1) is 23.8 Å². The van der Waals surface area contributed by atoms with Crippen molar-refractivity contribution in [2.45, 2.75) is 13.1 Å². The summed E-state index contributed by atoms with van der Waals surface area (Å²) in [7, 11) is 0. The molecule has 1 amide bonds. The fourth-order valence-corrected chi connectivity index (χ4v) is 4.49. The van der Waals surface area contributed by atoms with Gasteiger partial charge in [-0.2, -0.15) is 27.9 Å². The standard InChI is InChI=1S/C27H27ClF3N9O2/c1-17-2-4-19(37-25(41)18-3-5-21(28)20(12-18)27(29,30)31)13-22(17)38-26-35-16-36-40(26)24-14-23(33-15-34-24)32-6-7-39-8-10-42-11-9-39/h2-5,12-16H,6-11H2,1H3,(H,37,41)(H,32,33,34)(H,35,36,38). The third-order valence-corrected chi connectivity index (χ3v) is 6.86. The molecule has 15 heteroatoms. The number of carbonyl (C=O) groups is 1. The molecule has 3 N–H and O–H groups in total. The van der Waals surface area contributed by atoms with Crippen molar-refractivity contribution in [1.29, 1.82) is 0 Å². The molecule has 0 saturated carbocycles. The van der Waals surface area contributed by atoms with Gasteiger partial charge in [-0.3, -0.25) is 9.69 Å². The first-order valence-electron chi connectivity index (χ1n) is 13.0. The molecular weight excluding hydrogens is 575 g/mol. The van der Waals surface area contributed by atoms with E-state index in [-0.39, 0.29) is 5.56 Å². The van der Waals surface area contributed by atoms with Crippen molar-refractivity contribution in [1.82, 2.24) is 29.6 Å². The highest BCUT2D eigenvalue weighted by Gasteiger charge is 2.33. The average molecular weight is 602 g/mol. The fraction of sp³-hybridized carbons (Fsp3) is 0.296. The van der Waals surface area contributed by atoms with E-state index in [2.05, 4.69) is 40.9 Å². The van der Waals surface area contributed by atoms with Crippen LogP contribution in [0.5, 0.6) is 0 Å².